The number of nitrogens with zero attached hydrogens (tertiary/aromatic N) is 2. The van der Waals surface area contributed by atoms with Crippen molar-refractivity contribution < 1.29 is 4.79 Å². The first-order valence-electron chi connectivity index (χ1n) is 9.33. The van der Waals surface area contributed by atoms with E-state index < -0.39 is 0 Å². The molecule has 2 heterocycles. The second kappa shape index (κ2) is 9.31. The molecule has 1 saturated heterocycles. The number of halogens is 2. The number of aromatic nitrogens is 1. The maximum atomic E-state index is 13.0. The molecule has 1 aliphatic heterocycles. The van der Waals surface area contributed by atoms with Crippen molar-refractivity contribution in [1.29, 1.82) is 0 Å². The van der Waals surface area contributed by atoms with Crippen molar-refractivity contribution >= 4 is 40.9 Å². The second-order valence-corrected chi connectivity index (χ2v) is 8.81. The molecule has 0 bridgehead atoms. The molecule has 3 nitrogen and oxygen atoms in total. The molecule has 0 aliphatic carbocycles. The van der Waals surface area contributed by atoms with Gasteiger partial charge in [0.15, 0.2) is 0 Å². The third-order valence-corrected chi connectivity index (χ3v) is 7.15. The monoisotopic (exact) mass is 422 g/mol. The van der Waals surface area contributed by atoms with Gasteiger partial charge < -0.3 is 4.90 Å². The first-order chi connectivity index (χ1) is 13.0. The fourth-order valence-corrected chi connectivity index (χ4v) is 4.98. The average Bonchev–Trinajstić information content (AvgIpc) is 2.68. The van der Waals surface area contributed by atoms with Gasteiger partial charge in [-0.3, -0.25) is 4.79 Å². The summed E-state index contributed by atoms with van der Waals surface area (Å²) in [5, 5.41) is 1.26. The normalized spacial score (nSPS) is 19.9. The Bertz CT molecular complexity index is 794. The summed E-state index contributed by atoms with van der Waals surface area (Å²) in [5.74, 6) is 1.23. The molecule has 2 atom stereocenters. The Labute approximate surface area is 175 Å². The Morgan fingerprint density at radius 2 is 1.89 bits per heavy atom. The minimum atomic E-state index is 0.0308. The molecule has 1 aromatic carbocycles. The van der Waals surface area contributed by atoms with Gasteiger partial charge in [0.1, 0.15) is 5.69 Å². The van der Waals surface area contributed by atoms with Crippen LogP contribution in [0.15, 0.2) is 41.3 Å². The summed E-state index contributed by atoms with van der Waals surface area (Å²) in [6.07, 6.45) is 3.37. The van der Waals surface area contributed by atoms with Gasteiger partial charge in [-0.2, -0.15) is 0 Å². The fourth-order valence-electron chi connectivity index (χ4n) is 3.39. The molecule has 1 amide bonds. The van der Waals surface area contributed by atoms with Crippen molar-refractivity contribution in [2.24, 2.45) is 5.92 Å². The standard InChI is InChI=1S/C21H24Cl2N2OS/c1-3-15-11-10-14(2)25(12-15)21(26)19-9-4-6-16(24-19)13-27-20-17(22)7-5-8-18(20)23/h4-9,14-15H,3,10-13H2,1-2H3. The van der Waals surface area contributed by atoms with Crippen LogP contribution < -0.4 is 0 Å². The van der Waals surface area contributed by atoms with Gasteiger partial charge in [0, 0.05) is 23.2 Å². The van der Waals surface area contributed by atoms with Gasteiger partial charge in [-0.15, -0.1) is 11.8 Å². The number of hydrogen-bond donors (Lipinski definition) is 0. The summed E-state index contributed by atoms with van der Waals surface area (Å²) in [4.78, 5) is 20.5. The van der Waals surface area contributed by atoms with E-state index in [4.69, 9.17) is 23.2 Å². The lowest BCUT2D eigenvalue weighted by molar-refractivity contribution is 0.0550. The molecule has 0 spiro atoms. The number of amides is 1. The van der Waals surface area contributed by atoms with E-state index in [1.54, 1.807) is 6.07 Å². The van der Waals surface area contributed by atoms with Crippen molar-refractivity contribution in [2.45, 2.75) is 49.8 Å². The maximum absolute atomic E-state index is 13.0. The molecule has 0 N–H and O–H groups in total. The quantitative estimate of drug-likeness (QED) is 0.527. The van der Waals surface area contributed by atoms with Crippen LogP contribution in [0.3, 0.4) is 0 Å². The molecule has 2 aromatic rings. The Hall–Kier alpha value is -1.23. The van der Waals surface area contributed by atoms with Gasteiger partial charge in [-0.25, -0.2) is 4.98 Å². The summed E-state index contributed by atoms with van der Waals surface area (Å²) in [6.45, 7) is 5.15. The van der Waals surface area contributed by atoms with E-state index in [-0.39, 0.29) is 11.9 Å². The van der Waals surface area contributed by atoms with Crippen LogP contribution in [-0.2, 0) is 5.75 Å². The highest BCUT2D eigenvalue weighted by Crippen LogP contribution is 2.35. The Balaban J connectivity index is 1.72. The molecule has 2 unspecified atom stereocenters. The van der Waals surface area contributed by atoms with Gasteiger partial charge in [-0.05, 0) is 49.9 Å². The zero-order valence-corrected chi connectivity index (χ0v) is 17.9. The van der Waals surface area contributed by atoms with Gasteiger partial charge in [0.2, 0.25) is 0 Å². The smallest absolute Gasteiger partial charge is 0.272 e. The summed E-state index contributed by atoms with van der Waals surface area (Å²) in [6, 6.07) is 11.4. The van der Waals surface area contributed by atoms with E-state index in [0.29, 0.717) is 27.4 Å². The SMILES string of the molecule is CCC1CCC(C)N(C(=O)c2cccc(CSc3c(Cl)cccc3Cl)n2)C1. The van der Waals surface area contributed by atoms with E-state index in [1.807, 2.05) is 35.2 Å². The van der Waals surface area contributed by atoms with Crippen LogP contribution in [0.2, 0.25) is 10.0 Å². The molecule has 0 saturated carbocycles. The number of rotatable bonds is 5. The van der Waals surface area contributed by atoms with Gasteiger partial charge in [-0.1, -0.05) is 48.7 Å². The van der Waals surface area contributed by atoms with Crippen LogP contribution in [-0.4, -0.2) is 28.4 Å². The molecule has 1 fully saturated rings. The van der Waals surface area contributed by atoms with Crippen molar-refractivity contribution in [3.63, 3.8) is 0 Å². The Morgan fingerprint density at radius 3 is 2.59 bits per heavy atom. The van der Waals surface area contributed by atoms with Crippen LogP contribution in [0, 0.1) is 5.92 Å². The average molecular weight is 423 g/mol. The molecule has 1 aromatic heterocycles. The fraction of sp³-hybridized carbons (Fsp3) is 0.429. The molecule has 6 heteroatoms. The number of piperidine rings is 1. The van der Waals surface area contributed by atoms with Crippen LogP contribution in [0.25, 0.3) is 0 Å². The lowest BCUT2D eigenvalue weighted by Crippen LogP contribution is -2.45. The third-order valence-electron chi connectivity index (χ3n) is 5.13. The molecular weight excluding hydrogens is 399 g/mol. The topological polar surface area (TPSA) is 33.2 Å². The largest absolute Gasteiger partial charge is 0.334 e. The lowest BCUT2D eigenvalue weighted by atomic mass is 9.91. The number of benzene rings is 1. The van der Waals surface area contributed by atoms with Gasteiger partial charge in [0.05, 0.1) is 15.7 Å². The molecule has 144 valence electrons. The summed E-state index contributed by atoms with van der Waals surface area (Å²) < 4.78 is 0. The van der Waals surface area contributed by atoms with Gasteiger partial charge in [0.25, 0.3) is 5.91 Å². The van der Waals surface area contributed by atoms with E-state index in [0.717, 1.165) is 30.0 Å². The van der Waals surface area contributed by atoms with Crippen molar-refractivity contribution in [2.75, 3.05) is 6.54 Å². The van der Waals surface area contributed by atoms with Crippen molar-refractivity contribution in [1.82, 2.24) is 9.88 Å². The van der Waals surface area contributed by atoms with Gasteiger partial charge >= 0.3 is 0 Å². The second-order valence-electron chi connectivity index (χ2n) is 7.01. The predicted molar refractivity (Wildman–Crippen MR) is 114 cm³/mol. The number of thioether (sulfide) groups is 1. The molecular formula is C21H24Cl2N2OS. The molecule has 0 radical (unpaired) electrons. The molecule has 1 aliphatic rings. The number of carbonyl (C=O) groups excluding carboxylic acids is 1. The van der Waals surface area contributed by atoms with E-state index in [1.165, 1.54) is 18.2 Å². The zero-order chi connectivity index (χ0) is 19.4. The highest BCUT2D eigenvalue weighted by atomic mass is 35.5. The van der Waals surface area contributed by atoms with Crippen LogP contribution in [0.5, 0.6) is 0 Å². The number of pyridine rings is 1. The minimum absolute atomic E-state index is 0.0308. The Morgan fingerprint density at radius 1 is 1.19 bits per heavy atom. The third kappa shape index (κ3) is 4.98. The molecule has 3 rings (SSSR count). The number of hydrogen-bond acceptors (Lipinski definition) is 3. The van der Waals surface area contributed by atoms with E-state index in [2.05, 4.69) is 18.8 Å². The summed E-state index contributed by atoms with van der Waals surface area (Å²) in [5.41, 5.74) is 1.36. The van der Waals surface area contributed by atoms with Crippen LogP contribution >= 0.6 is 35.0 Å². The summed E-state index contributed by atoms with van der Waals surface area (Å²) >= 11 is 14.0. The minimum Gasteiger partial charge on any atom is -0.334 e. The van der Waals surface area contributed by atoms with E-state index in [9.17, 15) is 4.79 Å². The van der Waals surface area contributed by atoms with Crippen molar-refractivity contribution in [3.05, 3.63) is 57.8 Å². The highest BCUT2D eigenvalue weighted by molar-refractivity contribution is 7.98. The predicted octanol–water partition coefficient (Wildman–Crippen LogP) is 6.33. The summed E-state index contributed by atoms with van der Waals surface area (Å²) in [7, 11) is 0. The number of carbonyl (C=O) groups is 1. The zero-order valence-electron chi connectivity index (χ0n) is 15.6. The number of likely N-dealkylation sites (tertiary alicyclic amines) is 1. The highest BCUT2D eigenvalue weighted by Gasteiger charge is 2.29. The first kappa shape index (κ1) is 20.5. The van der Waals surface area contributed by atoms with Crippen LogP contribution in [0.1, 0.15) is 49.3 Å². The first-order valence-corrected chi connectivity index (χ1v) is 11.1. The van der Waals surface area contributed by atoms with Crippen molar-refractivity contribution in [3.8, 4) is 0 Å². The maximum Gasteiger partial charge on any atom is 0.272 e. The lowest BCUT2D eigenvalue weighted by Gasteiger charge is -2.37. The van der Waals surface area contributed by atoms with E-state index >= 15 is 0 Å². The molecule has 27 heavy (non-hydrogen) atoms. The van der Waals surface area contributed by atoms with Crippen LogP contribution in [0.4, 0.5) is 0 Å². The Kier molecular flexibility index (Phi) is 7.07.